The third-order valence-corrected chi connectivity index (χ3v) is 1.88. The van der Waals surface area contributed by atoms with E-state index in [9.17, 15) is 13.6 Å². The molecule has 0 fully saturated rings. The largest absolute Gasteiger partial charge is 0.442 e. The van der Waals surface area contributed by atoms with Gasteiger partial charge in [0.05, 0.1) is 16.9 Å². The molecule has 106 valence electrons. The smallest absolute Gasteiger partial charge is 0.439 e. The molecule has 0 spiro atoms. The molecule has 0 bridgehead atoms. The molecule has 0 saturated heterocycles. The number of aromatic nitrogens is 1. The molecule has 0 aliphatic heterocycles. The Hall–Kier alpha value is -1.47. The molecule has 0 saturated carbocycles. The van der Waals surface area contributed by atoms with Crippen LogP contribution in [0.25, 0.3) is 0 Å². The van der Waals surface area contributed by atoms with Crippen LogP contribution in [0.3, 0.4) is 0 Å². The fourth-order valence-electron chi connectivity index (χ4n) is 1.10. The number of hydrogen-bond donors (Lipinski definition) is 0. The summed E-state index contributed by atoms with van der Waals surface area (Å²) in [4.78, 5) is 19.6. The van der Waals surface area contributed by atoms with E-state index in [0.29, 0.717) is 5.06 Å². The Morgan fingerprint density at radius 1 is 1.42 bits per heavy atom. The van der Waals surface area contributed by atoms with Crippen molar-refractivity contribution in [3.05, 3.63) is 23.5 Å². The highest BCUT2D eigenvalue weighted by Crippen LogP contribution is 2.22. The molecule has 0 atom stereocenters. The van der Waals surface area contributed by atoms with Gasteiger partial charge in [-0.05, 0) is 26.8 Å². The van der Waals surface area contributed by atoms with Crippen LogP contribution in [0.4, 0.5) is 19.3 Å². The first-order valence-corrected chi connectivity index (χ1v) is 5.65. The first kappa shape index (κ1) is 15.6. The third kappa shape index (κ3) is 5.35. The van der Waals surface area contributed by atoms with Gasteiger partial charge in [-0.2, -0.15) is 13.6 Å². The monoisotopic (exact) mass is 294 g/mol. The Labute approximate surface area is 114 Å². The number of amides is 1. The summed E-state index contributed by atoms with van der Waals surface area (Å²) in [7, 11) is 0. The zero-order valence-corrected chi connectivity index (χ0v) is 11.3. The number of ether oxygens (including phenoxy) is 1. The second-order valence-corrected chi connectivity index (χ2v) is 4.94. The Morgan fingerprint density at radius 3 is 2.53 bits per heavy atom. The second kappa shape index (κ2) is 6.12. The lowest BCUT2D eigenvalue weighted by atomic mass is 10.2. The highest BCUT2D eigenvalue weighted by atomic mass is 35.5. The van der Waals surface area contributed by atoms with Crippen molar-refractivity contribution >= 4 is 23.4 Å². The van der Waals surface area contributed by atoms with Crippen molar-refractivity contribution in [2.75, 3.05) is 5.06 Å². The Bertz CT molecular complexity index is 452. The summed E-state index contributed by atoms with van der Waals surface area (Å²) in [6.07, 6.45) is 1.36. The van der Waals surface area contributed by atoms with Crippen LogP contribution >= 0.6 is 11.6 Å². The van der Waals surface area contributed by atoms with Crippen molar-refractivity contribution in [1.82, 2.24) is 4.98 Å². The van der Waals surface area contributed by atoms with Crippen LogP contribution < -0.4 is 5.06 Å². The van der Waals surface area contributed by atoms with Crippen LogP contribution in [0.5, 0.6) is 0 Å². The van der Waals surface area contributed by atoms with Crippen LogP contribution in [0.2, 0.25) is 5.02 Å². The van der Waals surface area contributed by atoms with Gasteiger partial charge in [-0.25, -0.2) is 4.79 Å². The molecule has 8 heteroatoms. The van der Waals surface area contributed by atoms with Gasteiger partial charge in [-0.1, -0.05) is 11.6 Å². The van der Waals surface area contributed by atoms with E-state index in [1.807, 2.05) is 0 Å². The molecule has 1 aromatic heterocycles. The van der Waals surface area contributed by atoms with Gasteiger partial charge in [-0.3, -0.25) is 4.98 Å². The van der Waals surface area contributed by atoms with Crippen LogP contribution in [-0.2, 0) is 9.57 Å². The molecule has 0 radical (unpaired) electrons. The first-order valence-electron chi connectivity index (χ1n) is 5.27. The zero-order chi connectivity index (χ0) is 14.6. The summed E-state index contributed by atoms with van der Waals surface area (Å²) in [5.41, 5.74) is -0.908. The molecule has 0 N–H and O–H groups in total. The van der Waals surface area contributed by atoms with E-state index in [1.54, 1.807) is 20.8 Å². The summed E-state index contributed by atoms with van der Waals surface area (Å²) in [5, 5.41) is 0.485. The average Bonchev–Trinajstić information content (AvgIpc) is 2.23. The SMILES string of the molecule is CC(C)(C)OC(=O)N(OC(F)F)c1cncc(Cl)c1. The standard InChI is InChI=1S/C11H13ClF2N2O3/c1-11(2,3)18-10(17)16(19-9(13)14)8-4-7(12)5-15-6-8/h4-6,9H,1-3H3. The van der Waals surface area contributed by atoms with Crippen molar-refractivity contribution in [3.63, 3.8) is 0 Å². The molecule has 0 aliphatic rings. The van der Waals surface area contributed by atoms with Gasteiger partial charge >= 0.3 is 12.7 Å². The third-order valence-electron chi connectivity index (χ3n) is 1.67. The fourth-order valence-corrected chi connectivity index (χ4v) is 1.27. The topological polar surface area (TPSA) is 51.7 Å². The number of anilines is 1. The van der Waals surface area contributed by atoms with E-state index in [1.165, 1.54) is 12.3 Å². The Balaban J connectivity index is 2.98. The van der Waals surface area contributed by atoms with Gasteiger partial charge in [0.1, 0.15) is 5.60 Å². The van der Waals surface area contributed by atoms with Crippen molar-refractivity contribution in [3.8, 4) is 0 Å². The summed E-state index contributed by atoms with van der Waals surface area (Å²) in [6, 6.07) is 1.25. The lowest BCUT2D eigenvalue weighted by molar-refractivity contribution is -0.137. The number of carbonyl (C=O) groups excluding carboxylic acids is 1. The van der Waals surface area contributed by atoms with Crippen molar-refractivity contribution in [1.29, 1.82) is 0 Å². The first-order chi connectivity index (χ1) is 8.69. The van der Waals surface area contributed by atoms with E-state index < -0.39 is 18.3 Å². The number of rotatable bonds is 3. The summed E-state index contributed by atoms with van der Waals surface area (Å²) >= 11 is 5.68. The lowest BCUT2D eigenvalue weighted by Gasteiger charge is -2.25. The number of carbonyl (C=O) groups is 1. The van der Waals surface area contributed by atoms with Crippen LogP contribution in [-0.4, -0.2) is 23.3 Å². The van der Waals surface area contributed by atoms with E-state index in [4.69, 9.17) is 16.3 Å². The number of halogens is 3. The van der Waals surface area contributed by atoms with Crippen LogP contribution in [0.15, 0.2) is 18.5 Å². The summed E-state index contributed by atoms with van der Waals surface area (Å²) in [5.74, 6) is 0. The van der Waals surface area contributed by atoms with E-state index in [0.717, 1.165) is 6.20 Å². The average molecular weight is 295 g/mol. The minimum atomic E-state index is -3.19. The molecule has 1 amide bonds. The summed E-state index contributed by atoms with van der Waals surface area (Å²) < 4.78 is 29.6. The molecule has 1 rings (SSSR count). The quantitative estimate of drug-likeness (QED) is 0.799. The maximum Gasteiger partial charge on any atom is 0.439 e. The molecule has 1 aromatic rings. The van der Waals surface area contributed by atoms with Gasteiger partial charge < -0.3 is 4.74 Å². The number of hydroxylamine groups is 1. The number of nitrogens with zero attached hydrogens (tertiary/aromatic N) is 2. The predicted octanol–water partition coefficient (Wildman–Crippen LogP) is 3.63. The maximum absolute atomic E-state index is 12.3. The van der Waals surface area contributed by atoms with E-state index >= 15 is 0 Å². The highest BCUT2D eigenvalue weighted by Gasteiger charge is 2.27. The Morgan fingerprint density at radius 2 is 2.05 bits per heavy atom. The zero-order valence-electron chi connectivity index (χ0n) is 10.6. The fraction of sp³-hybridized carbons (Fsp3) is 0.455. The molecular weight excluding hydrogens is 282 g/mol. The van der Waals surface area contributed by atoms with Crippen molar-refractivity contribution in [2.45, 2.75) is 33.0 Å². The maximum atomic E-state index is 12.3. The lowest BCUT2D eigenvalue weighted by Crippen LogP contribution is -2.38. The minimum absolute atomic E-state index is 0.0537. The van der Waals surface area contributed by atoms with E-state index in [2.05, 4.69) is 9.82 Å². The second-order valence-electron chi connectivity index (χ2n) is 4.50. The highest BCUT2D eigenvalue weighted by molar-refractivity contribution is 6.30. The van der Waals surface area contributed by atoms with Gasteiger partial charge in [0.25, 0.3) is 0 Å². The molecule has 0 aliphatic carbocycles. The molecular formula is C11H13ClF2N2O3. The normalized spacial score (nSPS) is 11.5. The van der Waals surface area contributed by atoms with Gasteiger partial charge in [0.15, 0.2) is 0 Å². The van der Waals surface area contributed by atoms with Gasteiger partial charge in [0, 0.05) is 6.20 Å². The molecule has 0 unspecified atom stereocenters. The minimum Gasteiger partial charge on any atom is -0.442 e. The molecule has 1 heterocycles. The van der Waals surface area contributed by atoms with Crippen molar-refractivity contribution < 1.29 is 23.1 Å². The van der Waals surface area contributed by atoms with E-state index in [-0.39, 0.29) is 10.7 Å². The molecule has 19 heavy (non-hydrogen) atoms. The van der Waals surface area contributed by atoms with Gasteiger partial charge in [0.2, 0.25) is 0 Å². The molecule has 0 aromatic carbocycles. The van der Waals surface area contributed by atoms with Crippen LogP contribution in [0, 0.1) is 0 Å². The predicted molar refractivity (Wildman–Crippen MR) is 65.0 cm³/mol. The summed E-state index contributed by atoms with van der Waals surface area (Å²) in [6.45, 7) is 1.61. The molecule has 5 nitrogen and oxygen atoms in total. The Kier molecular flexibility index (Phi) is 5.02. The van der Waals surface area contributed by atoms with Gasteiger partial charge in [-0.15, -0.1) is 5.06 Å². The van der Waals surface area contributed by atoms with Crippen molar-refractivity contribution in [2.24, 2.45) is 0 Å². The number of alkyl halides is 2. The number of pyridine rings is 1. The number of hydrogen-bond acceptors (Lipinski definition) is 4. The van der Waals surface area contributed by atoms with Crippen LogP contribution in [0.1, 0.15) is 20.8 Å².